The molecule has 3 aromatic rings. The number of alkyl halides is 2. The largest absolute Gasteiger partial charge is 0.495 e. The number of nitrogens with one attached hydrogen (secondary N) is 1. The van der Waals surface area contributed by atoms with Gasteiger partial charge in [-0.3, -0.25) is 4.79 Å². The number of benzene rings is 2. The highest BCUT2D eigenvalue weighted by Gasteiger charge is 2.34. The lowest BCUT2D eigenvalue weighted by Gasteiger charge is -2.26. The van der Waals surface area contributed by atoms with Gasteiger partial charge >= 0.3 is 0 Å². The summed E-state index contributed by atoms with van der Waals surface area (Å²) in [6.07, 6.45) is -0.362. The zero-order chi connectivity index (χ0) is 24.5. The average molecular weight is 491 g/mol. The Morgan fingerprint density at radius 2 is 1.91 bits per heavy atom. The molecule has 0 unspecified atom stereocenters. The van der Waals surface area contributed by atoms with Crippen LogP contribution in [0.25, 0.3) is 10.9 Å². The molecule has 4 rings (SSSR count). The van der Waals surface area contributed by atoms with Crippen LogP contribution >= 0.6 is 0 Å². The van der Waals surface area contributed by atoms with Gasteiger partial charge in [0, 0.05) is 37.0 Å². The summed E-state index contributed by atoms with van der Waals surface area (Å²) in [6, 6.07) is 12.6. The molecule has 2 heterocycles. The van der Waals surface area contributed by atoms with Crippen molar-refractivity contribution in [3.8, 4) is 5.75 Å². The molecule has 0 atom stereocenters. The van der Waals surface area contributed by atoms with Gasteiger partial charge in [-0.1, -0.05) is 18.2 Å². The fourth-order valence-electron chi connectivity index (χ4n) is 4.03. The van der Waals surface area contributed by atoms with Crippen molar-refractivity contribution in [3.63, 3.8) is 0 Å². The van der Waals surface area contributed by atoms with Gasteiger partial charge in [-0.2, -0.15) is 0 Å². The number of nitrogens with zero attached hydrogens (tertiary/aromatic N) is 2. The minimum Gasteiger partial charge on any atom is -0.495 e. The molecule has 180 valence electrons. The van der Waals surface area contributed by atoms with Gasteiger partial charge in [0.05, 0.1) is 17.5 Å². The van der Waals surface area contributed by atoms with Crippen LogP contribution < -0.4 is 20.1 Å². The van der Waals surface area contributed by atoms with E-state index in [1.165, 1.54) is 31.4 Å². The van der Waals surface area contributed by atoms with E-state index in [1.54, 1.807) is 29.2 Å². The third-order valence-corrected chi connectivity index (χ3v) is 6.61. The Bertz CT molecular complexity index is 1350. The van der Waals surface area contributed by atoms with E-state index in [9.17, 15) is 22.0 Å². The maximum absolute atomic E-state index is 14.0. The molecule has 3 N–H and O–H groups in total. The highest BCUT2D eigenvalue weighted by Crippen LogP contribution is 2.38. The fraction of sp³-hybridized carbons (Fsp3) is 0.304. The van der Waals surface area contributed by atoms with Gasteiger partial charge in [0.2, 0.25) is 15.9 Å². The maximum atomic E-state index is 14.0. The number of aromatic nitrogens is 1. The third kappa shape index (κ3) is 4.95. The summed E-state index contributed by atoms with van der Waals surface area (Å²) in [7, 11) is -2.56. The van der Waals surface area contributed by atoms with Crippen molar-refractivity contribution < 1.29 is 26.7 Å². The second-order valence-electron chi connectivity index (χ2n) is 8.08. The van der Waals surface area contributed by atoms with Gasteiger partial charge in [-0.05, 0) is 36.8 Å². The molecule has 1 saturated heterocycles. The molecule has 0 aliphatic carbocycles. The smallest absolute Gasteiger partial charge is 0.263 e. The number of anilines is 2. The van der Waals surface area contributed by atoms with Crippen LogP contribution in [0.15, 0.2) is 53.4 Å². The predicted molar refractivity (Wildman–Crippen MR) is 125 cm³/mol. The zero-order valence-electron chi connectivity index (χ0n) is 18.4. The standard InChI is InChI=1S/C23H24F2N4O4S/c1-33-20-17-8-2-3-9-18(17)28-21(29-12-5-10-23(24,25)11-13-29)19(20)22(30)27-15-6-4-7-16(14-15)34(26,31)32/h2-4,6-9,14H,5,10-13H2,1H3,(H,27,30)(H2,26,31,32). The Kier molecular flexibility index (Phi) is 6.41. The Balaban J connectivity index is 1.81. The van der Waals surface area contributed by atoms with Crippen molar-refractivity contribution in [1.29, 1.82) is 0 Å². The molecule has 0 spiro atoms. The van der Waals surface area contributed by atoms with Crippen LogP contribution in [-0.4, -0.2) is 45.4 Å². The van der Waals surface area contributed by atoms with E-state index in [-0.39, 0.29) is 53.5 Å². The number of fused-ring (bicyclic) bond motifs is 1. The molecule has 8 nitrogen and oxygen atoms in total. The normalized spacial score (nSPS) is 16.2. The molecule has 2 aromatic carbocycles. The molecule has 0 radical (unpaired) electrons. The summed E-state index contributed by atoms with van der Waals surface area (Å²) in [4.78, 5) is 19.6. The minimum absolute atomic E-state index is 0.0165. The number of sulfonamides is 1. The Hall–Kier alpha value is -3.31. The van der Waals surface area contributed by atoms with E-state index in [4.69, 9.17) is 9.88 Å². The Morgan fingerprint density at radius 3 is 2.65 bits per heavy atom. The van der Waals surface area contributed by atoms with Crippen molar-refractivity contribution >= 4 is 38.3 Å². The number of para-hydroxylation sites is 1. The molecule has 34 heavy (non-hydrogen) atoms. The van der Waals surface area contributed by atoms with Gasteiger partial charge < -0.3 is 15.0 Å². The molecule has 0 bridgehead atoms. The third-order valence-electron chi connectivity index (χ3n) is 5.69. The average Bonchev–Trinajstić information content (AvgIpc) is 2.97. The van der Waals surface area contributed by atoms with E-state index in [0.29, 0.717) is 17.4 Å². The summed E-state index contributed by atoms with van der Waals surface area (Å²) < 4.78 is 57.1. The van der Waals surface area contributed by atoms with Crippen LogP contribution in [0.4, 0.5) is 20.3 Å². The first-order chi connectivity index (χ1) is 16.1. The van der Waals surface area contributed by atoms with Crippen LogP contribution in [0.3, 0.4) is 0 Å². The number of pyridine rings is 1. The van der Waals surface area contributed by atoms with Gasteiger partial charge in [-0.15, -0.1) is 0 Å². The minimum atomic E-state index is -3.98. The topological polar surface area (TPSA) is 115 Å². The van der Waals surface area contributed by atoms with Gasteiger partial charge in [0.15, 0.2) is 0 Å². The number of hydrogen-bond acceptors (Lipinski definition) is 6. The number of halogens is 2. The molecule has 1 aliphatic rings. The molecule has 1 fully saturated rings. The van der Waals surface area contributed by atoms with Gasteiger partial charge in [-0.25, -0.2) is 27.3 Å². The Morgan fingerprint density at radius 1 is 1.15 bits per heavy atom. The molecular weight excluding hydrogens is 466 g/mol. The summed E-state index contributed by atoms with van der Waals surface area (Å²) in [5.74, 6) is -2.93. The first-order valence-electron chi connectivity index (χ1n) is 10.6. The van der Waals surface area contributed by atoms with Crippen molar-refractivity contribution in [2.45, 2.75) is 30.1 Å². The van der Waals surface area contributed by atoms with Crippen molar-refractivity contribution in [1.82, 2.24) is 4.98 Å². The molecule has 1 aromatic heterocycles. The second kappa shape index (κ2) is 9.15. The SMILES string of the molecule is COc1c(C(=O)Nc2cccc(S(N)(=O)=O)c2)c(N2CCCC(F)(F)CC2)nc2ccccc12. The van der Waals surface area contributed by atoms with Crippen LogP contribution in [0.5, 0.6) is 5.75 Å². The second-order valence-corrected chi connectivity index (χ2v) is 9.65. The number of carbonyl (C=O) groups is 1. The number of nitrogens with two attached hydrogens (primary N) is 1. The monoisotopic (exact) mass is 490 g/mol. The molecule has 1 aliphatic heterocycles. The predicted octanol–water partition coefficient (Wildman–Crippen LogP) is 3.77. The van der Waals surface area contributed by atoms with E-state index in [2.05, 4.69) is 10.3 Å². The summed E-state index contributed by atoms with van der Waals surface area (Å²) in [6.45, 7) is 0.313. The van der Waals surface area contributed by atoms with E-state index in [1.807, 2.05) is 0 Å². The van der Waals surface area contributed by atoms with Gasteiger partial charge in [0.25, 0.3) is 5.91 Å². The lowest BCUT2D eigenvalue weighted by Crippen LogP contribution is -2.30. The van der Waals surface area contributed by atoms with Gasteiger partial charge in [0.1, 0.15) is 17.1 Å². The van der Waals surface area contributed by atoms with E-state index in [0.717, 1.165) is 0 Å². The van der Waals surface area contributed by atoms with Crippen LogP contribution in [0.2, 0.25) is 0 Å². The van der Waals surface area contributed by atoms with E-state index < -0.39 is 21.9 Å². The van der Waals surface area contributed by atoms with Crippen molar-refractivity contribution in [2.24, 2.45) is 5.14 Å². The highest BCUT2D eigenvalue weighted by molar-refractivity contribution is 7.89. The quantitative estimate of drug-likeness (QED) is 0.563. The molecule has 11 heteroatoms. The number of hydrogen-bond donors (Lipinski definition) is 2. The number of amides is 1. The first kappa shape index (κ1) is 23.8. The molecule has 0 saturated carbocycles. The first-order valence-corrected chi connectivity index (χ1v) is 12.2. The maximum Gasteiger partial charge on any atom is 0.263 e. The summed E-state index contributed by atoms with van der Waals surface area (Å²) >= 11 is 0. The zero-order valence-corrected chi connectivity index (χ0v) is 19.2. The summed E-state index contributed by atoms with van der Waals surface area (Å²) in [5.41, 5.74) is 0.825. The number of methoxy groups -OCH3 is 1. The molecular formula is C23H24F2N4O4S. The van der Waals surface area contributed by atoms with Crippen LogP contribution in [-0.2, 0) is 10.0 Å². The number of ether oxygens (including phenoxy) is 1. The Labute approximate surface area is 195 Å². The molecule has 1 amide bonds. The van der Waals surface area contributed by atoms with Crippen molar-refractivity contribution in [3.05, 3.63) is 54.1 Å². The lowest BCUT2D eigenvalue weighted by molar-refractivity contribution is -0.0102. The number of rotatable bonds is 5. The lowest BCUT2D eigenvalue weighted by atomic mass is 10.1. The van der Waals surface area contributed by atoms with Crippen LogP contribution in [0.1, 0.15) is 29.6 Å². The van der Waals surface area contributed by atoms with Crippen molar-refractivity contribution in [2.75, 3.05) is 30.4 Å². The van der Waals surface area contributed by atoms with E-state index >= 15 is 0 Å². The fourth-order valence-corrected chi connectivity index (χ4v) is 4.59. The number of carbonyl (C=O) groups excluding carboxylic acids is 1. The summed E-state index contributed by atoms with van der Waals surface area (Å²) in [5, 5.41) is 8.44. The van der Waals surface area contributed by atoms with Crippen LogP contribution in [0, 0.1) is 0 Å². The highest BCUT2D eigenvalue weighted by atomic mass is 32.2. The number of primary sulfonamides is 1.